The maximum atomic E-state index is 11.9. The van der Waals surface area contributed by atoms with E-state index in [1.165, 1.54) is 37.7 Å². The number of hydrogen-bond acceptors (Lipinski definition) is 1. The summed E-state index contributed by atoms with van der Waals surface area (Å²) < 4.78 is 0. The van der Waals surface area contributed by atoms with Gasteiger partial charge in [-0.1, -0.05) is 33.3 Å². The Morgan fingerprint density at radius 2 is 1.82 bits per heavy atom. The van der Waals surface area contributed by atoms with Crippen molar-refractivity contribution in [2.24, 2.45) is 40.4 Å². The Morgan fingerprint density at radius 3 is 2.59 bits per heavy atom. The number of ketones is 1. The normalized spacial score (nSPS) is 54.3. The Hall–Kier alpha value is -0.590. The molecular formula is C21H32O. The van der Waals surface area contributed by atoms with Gasteiger partial charge < -0.3 is 0 Å². The predicted octanol–water partition coefficient (Wildman–Crippen LogP) is 5.40. The molecule has 1 nitrogen and oxygen atoms in total. The first-order valence-electron chi connectivity index (χ1n) is 9.60. The smallest absolute Gasteiger partial charge is 0.155 e. The number of carbonyl (C=O) groups is 1. The van der Waals surface area contributed by atoms with Crippen LogP contribution in [0.4, 0.5) is 0 Å². The fraction of sp³-hybridized carbons (Fsp3) is 0.857. The van der Waals surface area contributed by atoms with Gasteiger partial charge in [0, 0.05) is 6.42 Å². The van der Waals surface area contributed by atoms with Crippen LogP contribution in [0, 0.1) is 40.4 Å². The molecule has 0 spiro atoms. The Labute approximate surface area is 135 Å². The zero-order chi connectivity index (χ0) is 15.7. The third-order valence-electron chi connectivity index (χ3n) is 8.78. The van der Waals surface area contributed by atoms with Crippen LogP contribution >= 0.6 is 0 Å². The molecule has 0 saturated heterocycles. The van der Waals surface area contributed by atoms with Crippen molar-refractivity contribution in [3.8, 4) is 0 Å². The maximum absolute atomic E-state index is 11.9. The van der Waals surface area contributed by atoms with E-state index in [0.717, 1.165) is 42.4 Å². The number of fused-ring (bicyclic) bond motifs is 5. The third kappa shape index (κ3) is 1.80. The number of allylic oxidation sites excluding steroid dienone is 1. The van der Waals surface area contributed by atoms with Crippen LogP contribution in [0.3, 0.4) is 0 Å². The maximum Gasteiger partial charge on any atom is 0.155 e. The molecule has 122 valence electrons. The Kier molecular flexibility index (Phi) is 3.20. The monoisotopic (exact) mass is 300 g/mol. The highest BCUT2D eigenvalue weighted by atomic mass is 16.1. The van der Waals surface area contributed by atoms with E-state index in [2.05, 4.69) is 27.7 Å². The second kappa shape index (κ2) is 4.71. The van der Waals surface area contributed by atoms with E-state index in [9.17, 15) is 4.79 Å². The number of hydrogen-bond donors (Lipinski definition) is 0. The molecule has 0 aliphatic heterocycles. The number of rotatable bonds is 0. The highest BCUT2D eigenvalue weighted by Crippen LogP contribution is 2.67. The van der Waals surface area contributed by atoms with Crippen LogP contribution in [0.15, 0.2) is 11.6 Å². The highest BCUT2D eigenvalue weighted by Gasteiger charge is 2.59. The first-order valence-corrected chi connectivity index (χ1v) is 9.60. The summed E-state index contributed by atoms with van der Waals surface area (Å²) in [5.41, 5.74) is 2.43. The molecule has 0 bridgehead atoms. The zero-order valence-electron chi connectivity index (χ0n) is 14.8. The van der Waals surface area contributed by atoms with Crippen LogP contribution in [0.2, 0.25) is 0 Å². The largest absolute Gasteiger partial charge is 0.295 e. The minimum absolute atomic E-state index is 0.332. The first kappa shape index (κ1) is 15.0. The average molecular weight is 300 g/mol. The summed E-state index contributed by atoms with van der Waals surface area (Å²) in [6.45, 7) is 10.1. The lowest BCUT2D eigenvalue weighted by atomic mass is 9.45. The van der Waals surface area contributed by atoms with Gasteiger partial charge in [0.15, 0.2) is 5.78 Å². The van der Waals surface area contributed by atoms with Crippen molar-refractivity contribution in [3.63, 3.8) is 0 Å². The zero-order valence-corrected chi connectivity index (χ0v) is 14.8. The van der Waals surface area contributed by atoms with E-state index in [1.807, 2.05) is 6.08 Å². The van der Waals surface area contributed by atoms with Crippen LogP contribution in [-0.4, -0.2) is 5.78 Å². The van der Waals surface area contributed by atoms with E-state index in [1.54, 1.807) is 0 Å². The molecule has 7 unspecified atom stereocenters. The standard InChI is InChI=1S/C21H32O/c1-13-11-15-12-16(22)7-9-21(15,4)18-8-10-20(3)14(2)5-6-17(20)19(13)18/h12-14,17-19H,5-11H2,1-4H3. The Balaban J connectivity index is 1.74. The van der Waals surface area contributed by atoms with Gasteiger partial charge in [-0.3, -0.25) is 4.79 Å². The minimum atomic E-state index is 0.332. The summed E-state index contributed by atoms with van der Waals surface area (Å²) in [7, 11) is 0. The molecule has 1 heteroatoms. The van der Waals surface area contributed by atoms with Crippen LogP contribution in [0.1, 0.15) is 72.6 Å². The van der Waals surface area contributed by atoms with Gasteiger partial charge in [-0.05, 0) is 85.0 Å². The SMILES string of the molecule is CC1CC2=CC(=O)CCC2(C)C2CCC3(C)C(C)CCC3C12. The lowest BCUT2D eigenvalue weighted by Gasteiger charge is -2.60. The van der Waals surface area contributed by atoms with E-state index in [4.69, 9.17) is 0 Å². The molecule has 0 N–H and O–H groups in total. The molecule has 4 rings (SSSR count). The van der Waals surface area contributed by atoms with E-state index in [0.29, 0.717) is 16.6 Å². The van der Waals surface area contributed by atoms with Crippen molar-refractivity contribution < 1.29 is 4.79 Å². The predicted molar refractivity (Wildman–Crippen MR) is 90.4 cm³/mol. The molecule has 22 heavy (non-hydrogen) atoms. The van der Waals surface area contributed by atoms with E-state index >= 15 is 0 Å². The fourth-order valence-corrected chi connectivity index (χ4v) is 7.17. The molecule has 3 saturated carbocycles. The summed E-state index contributed by atoms with van der Waals surface area (Å²) in [5.74, 6) is 4.73. The topological polar surface area (TPSA) is 17.1 Å². The Morgan fingerprint density at radius 1 is 1.05 bits per heavy atom. The molecule has 4 aliphatic carbocycles. The second-order valence-electron chi connectivity index (χ2n) is 9.55. The van der Waals surface area contributed by atoms with Gasteiger partial charge in [-0.25, -0.2) is 0 Å². The van der Waals surface area contributed by atoms with E-state index in [-0.39, 0.29) is 0 Å². The summed E-state index contributed by atoms with van der Waals surface area (Å²) in [6, 6.07) is 0. The molecular weight excluding hydrogens is 268 g/mol. The van der Waals surface area contributed by atoms with Gasteiger partial charge >= 0.3 is 0 Å². The van der Waals surface area contributed by atoms with Crippen molar-refractivity contribution >= 4 is 5.78 Å². The summed E-state index contributed by atoms with van der Waals surface area (Å²) in [5, 5.41) is 0. The summed E-state index contributed by atoms with van der Waals surface area (Å²) >= 11 is 0. The lowest BCUT2D eigenvalue weighted by Crippen LogP contribution is -2.53. The molecule has 0 radical (unpaired) electrons. The van der Waals surface area contributed by atoms with E-state index < -0.39 is 0 Å². The molecule has 0 heterocycles. The van der Waals surface area contributed by atoms with Gasteiger partial charge in [-0.15, -0.1) is 0 Å². The average Bonchev–Trinajstić information content (AvgIpc) is 2.77. The van der Waals surface area contributed by atoms with Crippen LogP contribution in [0.5, 0.6) is 0 Å². The van der Waals surface area contributed by atoms with Crippen molar-refractivity contribution in [2.75, 3.05) is 0 Å². The third-order valence-corrected chi connectivity index (χ3v) is 8.78. The van der Waals surface area contributed by atoms with Crippen molar-refractivity contribution in [2.45, 2.75) is 72.6 Å². The summed E-state index contributed by atoms with van der Waals surface area (Å²) in [6.07, 6.45) is 10.8. The fourth-order valence-electron chi connectivity index (χ4n) is 7.17. The van der Waals surface area contributed by atoms with Crippen LogP contribution in [-0.2, 0) is 4.79 Å². The highest BCUT2D eigenvalue weighted by molar-refractivity contribution is 5.91. The lowest BCUT2D eigenvalue weighted by molar-refractivity contribution is -0.118. The van der Waals surface area contributed by atoms with Gasteiger partial charge in [0.2, 0.25) is 0 Å². The van der Waals surface area contributed by atoms with Gasteiger partial charge in [0.25, 0.3) is 0 Å². The van der Waals surface area contributed by atoms with Gasteiger partial charge in [0.05, 0.1) is 0 Å². The number of carbonyl (C=O) groups excluding carboxylic acids is 1. The minimum Gasteiger partial charge on any atom is -0.295 e. The molecule has 0 aromatic carbocycles. The molecule has 0 amide bonds. The Bertz CT molecular complexity index is 532. The molecule has 3 fully saturated rings. The summed E-state index contributed by atoms with van der Waals surface area (Å²) in [4.78, 5) is 11.9. The molecule has 0 aromatic rings. The van der Waals surface area contributed by atoms with Crippen molar-refractivity contribution in [1.29, 1.82) is 0 Å². The van der Waals surface area contributed by atoms with Crippen molar-refractivity contribution in [3.05, 3.63) is 11.6 Å². The van der Waals surface area contributed by atoms with Gasteiger partial charge in [-0.2, -0.15) is 0 Å². The first-order chi connectivity index (χ1) is 10.4. The van der Waals surface area contributed by atoms with Crippen LogP contribution < -0.4 is 0 Å². The quantitative estimate of drug-likeness (QED) is 0.585. The van der Waals surface area contributed by atoms with Gasteiger partial charge in [0.1, 0.15) is 0 Å². The molecule has 7 atom stereocenters. The molecule has 0 aromatic heterocycles. The van der Waals surface area contributed by atoms with Crippen LogP contribution in [0.25, 0.3) is 0 Å². The second-order valence-corrected chi connectivity index (χ2v) is 9.55. The van der Waals surface area contributed by atoms with Crippen molar-refractivity contribution in [1.82, 2.24) is 0 Å². The molecule has 4 aliphatic rings.